The summed E-state index contributed by atoms with van der Waals surface area (Å²) in [6.45, 7) is 0. The Morgan fingerprint density at radius 2 is 2.27 bits per heavy atom. The third-order valence-electron chi connectivity index (χ3n) is 4.11. The zero-order valence-corrected chi connectivity index (χ0v) is 12.8. The second kappa shape index (κ2) is 6.07. The molecule has 1 aliphatic rings. The minimum atomic E-state index is -0.451. The summed E-state index contributed by atoms with van der Waals surface area (Å²) in [6, 6.07) is 5.03. The van der Waals surface area contributed by atoms with E-state index in [2.05, 4.69) is 16.4 Å². The lowest BCUT2D eigenvalue weighted by molar-refractivity contribution is 0.108. The number of anilines is 1. The molecule has 1 saturated carbocycles. The molecule has 0 amide bonds. The Labute approximate surface area is 132 Å². The van der Waals surface area contributed by atoms with Crippen LogP contribution in [0.15, 0.2) is 18.3 Å². The van der Waals surface area contributed by atoms with Crippen LogP contribution >= 0.6 is 11.6 Å². The van der Waals surface area contributed by atoms with Gasteiger partial charge in [0.1, 0.15) is 17.4 Å². The maximum Gasteiger partial charge on any atom is 0.149 e. The van der Waals surface area contributed by atoms with E-state index in [1.807, 2.05) is 0 Å². The van der Waals surface area contributed by atoms with Crippen molar-refractivity contribution in [3.05, 3.63) is 34.7 Å². The molecule has 1 aromatic heterocycles. The van der Waals surface area contributed by atoms with Crippen LogP contribution in [-0.4, -0.2) is 24.2 Å². The monoisotopic (exact) mass is 319 g/mol. The van der Waals surface area contributed by atoms with Gasteiger partial charge in [0.05, 0.1) is 22.4 Å². The van der Waals surface area contributed by atoms with Crippen molar-refractivity contribution < 1.29 is 9.13 Å². The smallest absolute Gasteiger partial charge is 0.149 e. The lowest BCUT2D eigenvalue weighted by Crippen LogP contribution is -2.18. The molecule has 4 nitrogen and oxygen atoms in total. The van der Waals surface area contributed by atoms with Gasteiger partial charge in [0.2, 0.25) is 0 Å². The average Bonchev–Trinajstić information content (AvgIpc) is 2.98. The Hall–Kier alpha value is -1.90. The minimum absolute atomic E-state index is 0.169. The van der Waals surface area contributed by atoms with Crippen LogP contribution in [0.2, 0.25) is 5.02 Å². The van der Waals surface area contributed by atoms with Crippen molar-refractivity contribution in [2.75, 3.05) is 12.4 Å². The summed E-state index contributed by atoms with van der Waals surface area (Å²) in [7, 11) is 1.70. The molecule has 2 atom stereocenters. The van der Waals surface area contributed by atoms with Gasteiger partial charge in [0.15, 0.2) is 0 Å². The summed E-state index contributed by atoms with van der Waals surface area (Å²) in [4.78, 5) is 4.03. The highest BCUT2D eigenvalue weighted by molar-refractivity contribution is 6.36. The fraction of sp³-hybridized carbons (Fsp3) is 0.375. The van der Waals surface area contributed by atoms with Crippen molar-refractivity contribution in [3.8, 4) is 6.07 Å². The Morgan fingerprint density at radius 3 is 2.95 bits per heavy atom. The lowest BCUT2D eigenvalue weighted by atomic mass is 10.1. The quantitative estimate of drug-likeness (QED) is 0.932. The van der Waals surface area contributed by atoms with Gasteiger partial charge in [0.25, 0.3) is 0 Å². The molecule has 0 aliphatic heterocycles. The number of hydrogen-bond acceptors (Lipinski definition) is 4. The number of ether oxygens (including phenoxy) is 1. The number of nitriles is 1. The highest BCUT2D eigenvalue weighted by atomic mass is 35.5. The van der Waals surface area contributed by atoms with E-state index < -0.39 is 5.82 Å². The van der Waals surface area contributed by atoms with Crippen molar-refractivity contribution >= 4 is 28.2 Å². The van der Waals surface area contributed by atoms with Crippen molar-refractivity contribution in [2.45, 2.75) is 31.4 Å². The average molecular weight is 320 g/mol. The lowest BCUT2D eigenvalue weighted by Gasteiger charge is -2.18. The zero-order chi connectivity index (χ0) is 15.7. The Morgan fingerprint density at radius 1 is 1.45 bits per heavy atom. The van der Waals surface area contributed by atoms with E-state index >= 15 is 0 Å². The van der Waals surface area contributed by atoms with Crippen molar-refractivity contribution in [1.29, 1.82) is 5.26 Å². The van der Waals surface area contributed by atoms with Gasteiger partial charge in [-0.25, -0.2) is 4.39 Å². The second-order valence-electron chi connectivity index (χ2n) is 5.42. The van der Waals surface area contributed by atoms with E-state index in [9.17, 15) is 9.65 Å². The van der Waals surface area contributed by atoms with Crippen LogP contribution < -0.4 is 5.32 Å². The number of halogens is 2. The van der Waals surface area contributed by atoms with Gasteiger partial charge in [-0.2, -0.15) is 5.26 Å². The van der Waals surface area contributed by atoms with E-state index in [0.29, 0.717) is 21.7 Å². The summed E-state index contributed by atoms with van der Waals surface area (Å²) in [6.07, 6.45) is 4.33. The number of hydrogen-bond donors (Lipinski definition) is 1. The van der Waals surface area contributed by atoms with Gasteiger partial charge in [-0.05, 0) is 31.4 Å². The van der Waals surface area contributed by atoms with E-state index in [1.54, 1.807) is 7.11 Å². The molecule has 1 aliphatic carbocycles. The molecule has 114 valence electrons. The number of rotatable bonds is 3. The van der Waals surface area contributed by atoms with Crippen LogP contribution in [0.25, 0.3) is 10.9 Å². The van der Waals surface area contributed by atoms with Crippen LogP contribution in [0.4, 0.5) is 10.1 Å². The van der Waals surface area contributed by atoms with Gasteiger partial charge >= 0.3 is 0 Å². The molecule has 0 saturated heterocycles. The van der Waals surface area contributed by atoms with Gasteiger partial charge in [-0.1, -0.05) is 11.6 Å². The van der Waals surface area contributed by atoms with Crippen LogP contribution in [0.1, 0.15) is 24.8 Å². The number of fused-ring (bicyclic) bond motifs is 1. The van der Waals surface area contributed by atoms with Crippen LogP contribution in [0.3, 0.4) is 0 Å². The maximum absolute atomic E-state index is 14.0. The molecule has 1 heterocycles. The molecule has 22 heavy (non-hydrogen) atoms. The molecular weight excluding hydrogens is 305 g/mol. The topological polar surface area (TPSA) is 57.9 Å². The minimum Gasteiger partial charge on any atom is -0.381 e. The van der Waals surface area contributed by atoms with Gasteiger partial charge in [-0.15, -0.1) is 0 Å². The highest BCUT2D eigenvalue weighted by Gasteiger charge is 2.26. The van der Waals surface area contributed by atoms with Gasteiger partial charge in [-0.3, -0.25) is 4.98 Å². The summed E-state index contributed by atoms with van der Waals surface area (Å²) < 4.78 is 19.3. The second-order valence-corrected chi connectivity index (χ2v) is 5.83. The van der Waals surface area contributed by atoms with Crippen molar-refractivity contribution in [3.63, 3.8) is 0 Å². The number of methoxy groups -OCH3 is 1. The van der Waals surface area contributed by atoms with E-state index in [-0.39, 0.29) is 17.7 Å². The largest absolute Gasteiger partial charge is 0.381 e. The van der Waals surface area contributed by atoms with Crippen LogP contribution in [0, 0.1) is 17.1 Å². The Balaban J connectivity index is 2.07. The molecule has 3 rings (SSSR count). The molecule has 2 unspecified atom stereocenters. The number of nitrogens with zero attached hydrogens (tertiary/aromatic N) is 2. The van der Waals surface area contributed by atoms with Crippen LogP contribution in [-0.2, 0) is 4.74 Å². The van der Waals surface area contributed by atoms with E-state index in [4.69, 9.17) is 16.3 Å². The number of pyridine rings is 1. The molecule has 0 spiro atoms. The molecule has 0 bridgehead atoms. The first-order valence-electron chi connectivity index (χ1n) is 7.10. The van der Waals surface area contributed by atoms with E-state index in [0.717, 1.165) is 19.3 Å². The number of nitrogens with one attached hydrogen (secondary N) is 1. The third-order valence-corrected chi connectivity index (χ3v) is 4.42. The Kier molecular flexibility index (Phi) is 4.14. The SMILES string of the molecule is COC1CCC(Nc2c(C#N)cnc3c(F)ccc(Cl)c23)C1. The summed E-state index contributed by atoms with van der Waals surface area (Å²) >= 11 is 6.22. The standard InChI is InChI=1S/C16H15ClFN3O/c1-22-11-3-2-10(6-11)21-15-9(7-19)8-20-16-13(18)5-4-12(17)14(15)16/h4-5,8,10-11H,2-3,6H2,1H3,(H,20,21). The zero-order valence-electron chi connectivity index (χ0n) is 12.1. The van der Waals surface area contributed by atoms with Gasteiger partial charge in [0, 0.05) is 24.7 Å². The number of aromatic nitrogens is 1. The maximum atomic E-state index is 14.0. The molecule has 1 fully saturated rings. The molecule has 6 heteroatoms. The first kappa shape index (κ1) is 15.0. The first-order chi connectivity index (χ1) is 10.6. The van der Waals surface area contributed by atoms with Crippen molar-refractivity contribution in [1.82, 2.24) is 4.98 Å². The first-order valence-corrected chi connectivity index (χ1v) is 7.48. The fourth-order valence-corrected chi connectivity index (χ4v) is 3.20. The Bertz CT molecular complexity index is 759. The normalized spacial score (nSPS) is 21.0. The molecule has 2 aromatic rings. The third kappa shape index (κ3) is 2.60. The predicted molar refractivity (Wildman–Crippen MR) is 83.5 cm³/mol. The fourth-order valence-electron chi connectivity index (χ4n) is 2.96. The van der Waals surface area contributed by atoms with E-state index in [1.165, 1.54) is 18.3 Å². The molecule has 0 radical (unpaired) electrons. The molecule has 1 N–H and O–H groups in total. The predicted octanol–water partition coefficient (Wildman–Crippen LogP) is 3.88. The van der Waals surface area contributed by atoms with Crippen molar-refractivity contribution in [2.24, 2.45) is 0 Å². The highest BCUT2D eigenvalue weighted by Crippen LogP contribution is 2.35. The molecular formula is C16H15ClFN3O. The summed E-state index contributed by atoms with van der Waals surface area (Å²) in [5.74, 6) is -0.451. The van der Waals surface area contributed by atoms with Gasteiger partial charge < -0.3 is 10.1 Å². The summed E-state index contributed by atoms with van der Waals surface area (Å²) in [5.41, 5.74) is 1.09. The number of benzene rings is 1. The molecule has 1 aromatic carbocycles. The summed E-state index contributed by atoms with van der Waals surface area (Å²) in [5, 5.41) is 13.5. The van der Waals surface area contributed by atoms with Crippen LogP contribution in [0.5, 0.6) is 0 Å².